The van der Waals surface area contributed by atoms with Crippen LogP contribution in [0.2, 0.25) is 0 Å². The molecule has 0 aliphatic rings. The molecule has 0 aliphatic heterocycles. The number of benzene rings is 1. The van der Waals surface area contributed by atoms with Crippen LogP contribution < -0.4 is 10.5 Å². The third kappa shape index (κ3) is 1.94. The van der Waals surface area contributed by atoms with Gasteiger partial charge < -0.3 is 10.5 Å². The van der Waals surface area contributed by atoms with Crippen LogP contribution in [0.1, 0.15) is 26.3 Å². The molecule has 2 N–H and O–H groups in total. The number of hydrogen-bond donors (Lipinski definition) is 1. The quantitative estimate of drug-likeness (QED) is 0.724. The van der Waals surface area contributed by atoms with Crippen molar-refractivity contribution >= 4 is 12.2 Å². The zero-order valence-electron chi connectivity index (χ0n) is 7.98. The van der Waals surface area contributed by atoms with E-state index in [1.165, 1.54) is 19.2 Å². The minimum Gasteiger partial charge on any atom is -0.496 e. The van der Waals surface area contributed by atoms with Crippen LogP contribution in [0.25, 0.3) is 0 Å². The molecule has 0 saturated carbocycles. The van der Waals surface area contributed by atoms with Crippen molar-refractivity contribution in [2.45, 2.75) is 0 Å². The van der Waals surface area contributed by atoms with Crippen LogP contribution in [0.5, 0.6) is 5.75 Å². The molecule has 0 bridgehead atoms. The van der Waals surface area contributed by atoms with Crippen LogP contribution in [-0.2, 0) is 0 Å². The Kier molecular flexibility index (Phi) is 3.03. The van der Waals surface area contributed by atoms with Crippen LogP contribution in [0.15, 0.2) is 12.1 Å². The van der Waals surface area contributed by atoms with Crippen LogP contribution in [0, 0.1) is 11.3 Å². The van der Waals surface area contributed by atoms with Crippen LogP contribution in [0.4, 0.5) is 0 Å². The Bertz CT molecular complexity index is 460. The summed E-state index contributed by atoms with van der Waals surface area (Å²) in [5.41, 5.74) is 5.38. The minimum atomic E-state index is -0.765. The molecule has 0 spiro atoms. The standard InChI is InChI=1S/C10H8N2O3/c1-15-8-3-6(4-11)2-7(5-13)9(8)10(12)14/h2-3,5H,1H3,(H2,12,14). The molecule has 1 aromatic rings. The van der Waals surface area contributed by atoms with E-state index < -0.39 is 5.91 Å². The van der Waals surface area contributed by atoms with Crippen molar-refractivity contribution in [1.29, 1.82) is 5.26 Å². The van der Waals surface area contributed by atoms with E-state index in [1.54, 1.807) is 0 Å². The first-order chi connectivity index (χ1) is 7.13. The first kappa shape index (κ1) is 10.7. The summed E-state index contributed by atoms with van der Waals surface area (Å²) in [5.74, 6) is -0.637. The van der Waals surface area contributed by atoms with E-state index in [0.29, 0.717) is 6.29 Å². The fourth-order valence-electron chi connectivity index (χ4n) is 1.22. The van der Waals surface area contributed by atoms with Gasteiger partial charge in [0.2, 0.25) is 0 Å². The zero-order valence-corrected chi connectivity index (χ0v) is 7.98. The average molecular weight is 204 g/mol. The van der Waals surface area contributed by atoms with Gasteiger partial charge in [-0.15, -0.1) is 0 Å². The number of nitrogens with zero attached hydrogens (tertiary/aromatic N) is 1. The summed E-state index contributed by atoms with van der Waals surface area (Å²) in [7, 11) is 1.33. The lowest BCUT2D eigenvalue weighted by Gasteiger charge is -2.07. The lowest BCUT2D eigenvalue weighted by molar-refractivity contribution is 0.0990. The van der Waals surface area contributed by atoms with Gasteiger partial charge in [-0.25, -0.2) is 0 Å². The van der Waals surface area contributed by atoms with Crippen LogP contribution in [0.3, 0.4) is 0 Å². The zero-order chi connectivity index (χ0) is 11.4. The molecular weight excluding hydrogens is 196 g/mol. The Morgan fingerprint density at radius 3 is 2.67 bits per heavy atom. The number of ether oxygens (including phenoxy) is 1. The van der Waals surface area contributed by atoms with Crippen molar-refractivity contribution in [2.24, 2.45) is 5.73 Å². The number of amides is 1. The second-order valence-corrected chi connectivity index (χ2v) is 2.74. The second-order valence-electron chi connectivity index (χ2n) is 2.74. The summed E-state index contributed by atoms with van der Waals surface area (Å²) in [5, 5.41) is 8.67. The van der Waals surface area contributed by atoms with Gasteiger partial charge in [0, 0.05) is 5.56 Å². The lowest BCUT2D eigenvalue weighted by atomic mass is 10.0. The summed E-state index contributed by atoms with van der Waals surface area (Å²) in [6.45, 7) is 0. The Morgan fingerprint density at radius 2 is 2.27 bits per heavy atom. The molecule has 5 nitrogen and oxygen atoms in total. The van der Waals surface area contributed by atoms with E-state index in [1.807, 2.05) is 6.07 Å². The fraction of sp³-hybridized carbons (Fsp3) is 0.100. The highest BCUT2D eigenvalue weighted by molar-refractivity contribution is 6.03. The maximum Gasteiger partial charge on any atom is 0.253 e. The maximum atomic E-state index is 11.1. The number of rotatable bonds is 3. The molecular formula is C10H8N2O3. The van der Waals surface area contributed by atoms with E-state index in [2.05, 4.69) is 0 Å². The van der Waals surface area contributed by atoms with Crippen molar-refractivity contribution in [3.05, 3.63) is 28.8 Å². The lowest BCUT2D eigenvalue weighted by Crippen LogP contribution is -2.15. The molecule has 0 fully saturated rings. The van der Waals surface area contributed by atoms with Gasteiger partial charge >= 0.3 is 0 Å². The largest absolute Gasteiger partial charge is 0.496 e. The van der Waals surface area contributed by atoms with Crippen molar-refractivity contribution in [2.75, 3.05) is 7.11 Å². The number of nitrogens with two attached hydrogens (primary N) is 1. The minimum absolute atomic E-state index is 0.00787. The van der Waals surface area contributed by atoms with E-state index in [0.717, 1.165) is 0 Å². The Balaban J connectivity index is 3.54. The van der Waals surface area contributed by atoms with E-state index in [-0.39, 0.29) is 22.4 Å². The normalized spacial score (nSPS) is 9.07. The summed E-state index contributed by atoms with van der Waals surface area (Å²) in [4.78, 5) is 21.8. The number of nitriles is 1. The van der Waals surface area contributed by atoms with Gasteiger partial charge in [0.05, 0.1) is 24.3 Å². The molecule has 0 radical (unpaired) electrons. The molecule has 0 aliphatic carbocycles. The Morgan fingerprint density at radius 1 is 1.60 bits per heavy atom. The summed E-state index contributed by atoms with van der Waals surface area (Å²) in [6, 6.07) is 4.49. The molecule has 1 rings (SSSR count). The van der Waals surface area contributed by atoms with E-state index >= 15 is 0 Å². The molecule has 0 atom stereocenters. The summed E-state index contributed by atoms with van der Waals surface area (Å²) >= 11 is 0. The molecule has 0 aromatic heterocycles. The van der Waals surface area contributed by atoms with Crippen molar-refractivity contribution < 1.29 is 14.3 Å². The van der Waals surface area contributed by atoms with Crippen molar-refractivity contribution in [3.63, 3.8) is 0 Å². The van der Waals surface area contributed by atoms with Gasteiger partial charge in [-0.2, -0.15) is 5.26 Å². The topological polar surface area (TPSA) is 93.2 Å². The summed E-state index contributed by atoms with van der Waals surface area (Å²) in [6.07, 6.45) is 0.462. The highest BCUT2D eigenvalue weighted by Gasteiger charge is 2.15. The highest BCUT2D eigenvalue weighted by Crippen LogP contribution is 2.23. The molecule has 1 amide bonds. The average Bonchev–Trinajstić information content (AvgIpc) is 2.26. The highest BCUT2D eigenvalue weighted by atomic mass is 16.5. The predicted octanol–water partition coefficient (Wildman–Crippen LogP) is 0.478. The number of primary amides is 1. The third-order valence-corrected chi connectivity index (χ3v) is 1.86. The number of carbonyl (C=O) groups excluding carboxylic acids is 2. The number of carbonyl (C=O) groups is 2. The van der Waals surface area contributed by atoms with E-state index in [4.69, 9.17) is 15.7 Å². The summed E-state index contributed by atoms with van der Waals surface area (Å²) < 4.78 is 4.88. The third-order valence-electron chi connectivity index (χ3n) is 1.86. The number of hydrogen-bond acceptors (Lipinski definition) is 4. The molecule has 76 valence electrons. The van der Waals surface area contributed by atoms with Crippen LogP contribution in [-0.4, -0.2) is 19.3 Å². The predicted molar refractivity (Wildman–Crippen MR) is 51.6 cm³/mol. The Labute approximate surface area is 86.1 Å². The number of methoxy groups -OCH3 is 1. The SMILES string of the molecule is COc1cc(C#N)cc(C=O)c1C(N)=O. The fourth-order valence-corrected chi connectivity index (χ4v) is 1.22. The first-order valence-electron chi connectivity index (χ1n) is 4.01. The molecule has 5 heteroatoms. The van der Waals surface area contributed by atoms with Gasteiger partial charge in [0.1, 0.15) is 5.75 Å². The second kappa shape index (κ2) is 4.24. The monoisotopic (exact) mass is 204 g/mol. The smallest absolute Gasteiger partial charge is 0.253 e. The molecule has 0 saturated heterocycles. The molecule has 1 aromatic carbocycles. The van der Waals surface area contributed by atoms with Gasteiger partial charge in [-0.05, 0) is 12.1 Å². The van der Waals surface area contributed by atoms with Crippen LogP contribution >= 0.6 is 0 Å². The maximum absolute atomic E-state index is 11.1. The van der Waals surface area contributed by atoms with Gasteiger partial charge in [0.25, 0.3) is 5.91 Å². The molecule has 0 unspecified atom stereocenters. The van der Waals surface area contributed by atoms with E-state index in [9.17, 15) is 9.59 Å². The molecule has 0 heterocycles. The van der Waals surface area contributed by atoms with Gasteiger partial charge in [0.15, 0.2) is 6.29 Å². The molecule has 15 heavy (non-hydrogen) atoms. The Hall–Kier alpha value is -2.35. The van der Waals surface area contributed by atoms with Crippen molar-refractivity contribution in [1.82, 2.24) is 0 Å². The first-order valence-corrected chi connectivity index (χ1v) is 4.01. The van der Waals surface area contributed by atoms with Gasteiger partial charge in [-0.3, -0.25) is 9.59 Å². The number of aldehydes is 1. The van der Waals surface area contributed by atoms with Crippen molar-refractivity contribution in [3.8, 4) is 11.8 Å². The van der Waals surface area contributed by atoms with Gasteiger partial charge in [-0.1, -0.05) is 0 Å².